The molecule has 0 fully saturated rings. The number of fused-ring (bicyclic) bond motifs is 1. The van der Waals surface area contributed by atoms with Gasteiger partial charge in [-0.15, -0.1) is 0 Å². The zero-order chi connectivity index (χ0) is 18.7. The van der Waals surface area contributed by atoms with Crippen LogP contribution in [0.5, 0.6) is 11.5 Å². The first-order chi connectivity index (χ1) is 12.5. The molecule has 2 N–H and O–H groups in total. The van der Waals surface area contributed by atoms with E-state index in [0.29, 0.717) is 36.1 Å². The summed E-state index contributed by atoms with van der Waals surface area (Å²) in [6.07, 6.45) is 0. The van der Waals surface area contributed by atoms with Crippen LogP contribution in [-0.2, 0) is 9.59 Å². The van der Waals surface area contributed by atoms with Crippen molar-refractivity contribution in [2.75, 3.05) is 23.8 Å². The molecule has 0 saturated carbocycles. The van der Waals surface area contributed by atoms with Crippen molar-refractivity contribution >= 4 is 23.2 Å². The smallest absolute Gasteiger partial charge is 0.314 e. The first-order valence-corrected chi connectivity index (χ1v) is 8.57. The number of hydrogen-bond donors (Lipinski definition) is 2. The molecular formula is C20H22N2O4. The topological polar surface area (TPSA) is 76.7 Å². The highest BCUT2D eigenvalue weighted by Gasteiger charge is 2.19. The fourth-order valence-corrected chi connectivity index (χ4v) is 2.82. The summed E-state index contributed by atoms with van der Waals surface area (Å²) in [5, 5.41) is 5.33. The Hall–Kier alpha value is -3.02. The SMILES string of the molecule is Cc1cccc(C(C)C)c1NC(=O)C(=O)Nc1ccc2c(c1)OCCO2. The van der Waals surface area contributed by atoms with Crippen LogP contribution in [0.4, 0.5) is 11.4 Å². The fourth-order valence-electron chi connectivity index (χ4n) is 2.82. The molecular weight excluding hydrogens is 332 g/mol. The molecule has 136 valence electrons. The number of para-hydroxylation sites is 1. The molecule has 6 nitrogen and oxygen atoms in total. The lowest BCUT2D eigenvalue weighted by molar-refractivity contribution is -0.133. The van der Waals surface area contributed by atoms with Crippen LogP contribution in [-0.4, -0.2) is 25.0 Å². The number of benzene rings is 2. The number of nitrogens with one attached hydrogen (secondary N) is 2. The molecule has 0 aromatic heterocycles. The zero-order valence-corrected chi connectivity index (χ0v) is 15.1. The minimum Gasteiger partial charge on any atom is -0.486 e. The van der Waals surface area contributed by atoms with E-state index < -0.39 is 11.8 Å². The van der Waals surface area contributed by atoms with E-state index in [2.05, 4.69) is 10.6 Å². The average molecular weight is 354 g/mol. The van der Waals surface area contributed by atoms with Crippen molar-refractivity contribution in [1.29, 1.82) is 0 Å². The molecule has 0 aliphatic carbocycles. The summed E-state index contributed by atoms with van der Waals surface area (Å²) >= 11 is 0. The normalized spacial score (nSPS) is 12.6. The number of aryl methyl sites for hydroxylation is 1. The molecule has 26 heavy (non-hydrogen) atoms. The van der Waals surface area contributed by atoms with E-state index in [0.717, 1.165) is 11.1 Å². The number of carbonyl (C=O) groups excluding carboxylic acids is 2. The van der Waals surface area contributed by atoms with Crippen molar-refractivity contribution in [2.24, 2.45) is 0 Å². The van der Waals surface area contributed by atoms with Gasteiger partial charge in [0, 0.05) is 17.4 Å². The zero-order valence-electron chi connectivity index (χ0n) is 15.1. The van der Waals surface area contributed by atoms with Gasteiger partial charge in [-0.1, -0.05) is 32.0 Å². The van der Waals surface area contributed by atoms with Crippen LogP contribution in [0.2, 0.25) is 0 Å². The number of anilines is 2. The summed E-state index contributed by atoms with van der Waals surface area (Å²) < 4.78 is 10.9. The van der Waals surface area contributed by atoms with Crippen molar-refractivity contribution < 1.29 is 19.1 Å². The molecule has 2 aromatic rings. The summed E-state index contributed by atoms with van der Waals surface area (Å²) in [6, 6.07) is 10.8. The summed E-state index contributed by atoms with van der Waals surface area (Å²) in [5.74, 6) is -0.0441. The monoisotopic (exact) mass is 354 g/mol. The molecule has 0 atom stereocenters. The maximum absolute atomic E-state index is 12.4. The Kier molecular flexibility index (Phi) is 5.11. The van der Waals surface area contributed by atoms with E-state index >= 15 is 0 Å². The Morgan fingerprint density at radius 3 is 2.38 bits per heavy atom. The van der Waals surface area contributed by atoms with Gasteiger partial charge in [0.1, 0.15) is 13.2 Å². The number of rotatable bonds is 3. The molecule has 0 radical (unpaired) electrons. The average Bonchev–Trinajstić information content (AvgIpc) is 2.63. The molecule has 0 bridgehead atoms. The lowest BCUT2D eigenvalue weighted by Gasteiger charge is -2.19. The van der Waals surface area contributed by atoms with Crippen molar-refractivity contribution in [1.82, 2.24) is 0 Å². The molecule has 2 aromatic carbocycles. The van der Waals surface area contributed by atoms with Gasteiger partial charge in [-0.3, -0.25) is 9.59 Å². The van der Waals surface area contributed by atoms with Gasteiger partial charge in [-0.05, 0) is 36.1 Å². The minimum absolute atomic E-state index is 0.228. The Bertz CT molecular complexity index is 846. The standard InChI is InChI=1S/C20H22N2O4/c1-12(2)15-6-4-5-13(3)18(15)22-20(24)19(23)21-14-7-8-16-17(11-14)26-10-9-25-16/h4-8,11-12H,9-10H2,1-3H3,(H,21,23)(H,22,24). The third-order valence-corrected chi connectivity index (χ3v) is 4.17. The summed E-state index contributed by atoms with van der Waals surface area (Å²) in [4.78, 5) is 24.6. The molecule has 3 rings (SSSR count). The maximum atomic E-state index is 12.4. The number of carbonyl (C=O) groups is 2. The molecule has 0 spiro atoms. The Balaban J connectivity index is 1.72. The van der Waals surface area contributed by atoms with Gasteiger partial charge in [0.15, 0.2) is 11.5 Å². The van der Waals surface area contributed by atoms with E-state index in [4.69, 9.17) is 9.47 Å². The van der Waals surface area contributed by atoms with Crippen LogP contribution < -0.4 is 20.1 Å². The highest BCUT2D eigenvalue weighted by molar-refractivity contribution is 6.43. The van der Waals surface area contributed by atoms with Crippen molar-refractivity contribution in [3.8, 4) is 11.5 Å². The first-order valence-electron chi connectivity index (χ1n) is 8.57. The van der Waals surface area contributed by atoms with Gasteiger partial charge in [0.2, 0.25) is 0 Å². The Labute approximate surface area is 152 Å². The third-order valence-electron chi connectivity index (χ3n) is 4.17. The third kappa shape index (κ3) is 3.79. The van der Waals surface area contributed by atoms with Crippen molar-refractivity contribution in [3.05, 3.63) is 47.5 Å². The summed E-state index contributed by atoms with van der Waals surface area (Å²) in [7, 11) is 0. The molecule has 0 saturated heterocycles. The largest absolute Gasteiger partial charge is 0.486 e. The van der Waals surface area contributed by atoms with E-state index in [1.54, 1.807) is 18.2 Å². The van der Waals surface area contributed by atoms with Gasteiger partial charge >= 0.3 is 11.8 Å². The Morgan fingerprint density at radius 2 is 1.65 bits per heavy atom. The quantitative estimate of drug-likeness (QED) is 0.828. The van der Waals surface area contributed by atoms with Crippen LogP contribution in [0.3, 0.4) is 0 Å². The predicted octanol–water partition coefficient (Wildman–Crippen LogP) is 3.47. The van der Waals surface area contributed by atoms with Gasteiger partial charge in [-0.25, -0.2) is 0 Å². The number of amides is 2. The van der Waals surface area contributed by atoms with Crippen LogP contribution >= 0.6 is 0 Å². The highest BCUT2D eigenvalue weighted by Crippen LogP contribution is 2.32. The molecule has 2 amide bonds. The number of hydrogen-bond acceptors (Lipinski definition) is 4. The van der Waals surface area contributed by atoms with Gasteiger partial charge in [-0.2, -0.15) is 0 Å². The molecule has 6 heteroatoms. The highest BCUT2D eigenvalue weighted by atomic mass is 16.6. The van der Waals surface area contributed by atoms with Gasteiger partial charge in [0.05, 0.1) is 0 Å². The van der Waals surface area contributed by atoms with E-state index in [1.165, 1.54) is 0 Å². The lowest BCUT2D eigenvalue weighted by atomic mass is 9.98. The minimum atomic E-state index is -0.736. The van der Waals surface area contributed by atoms with E-state index in [1.807, 2.05) is 39.0 Å². The second kappa shape index (κ2) is 7.47. The van der Waals surface area contributed by atoms with Crippen molar-refractivity contribution in [3.63, 3.8) is 0 Å². The number of ether oxygens (including phenoxy) is 2. The second-order valence-corrected chi connectivity index (χ2v) is 6.46. The molecule has 0 unspecified atom stereocenters. The maximum Gasteiger partial charge on any atom is 0.314 e. The van der Waals surface area contributed by atoms with Crippen LogP contribution in [0.15, 0.2) is 36.4 Å². The lowest BCUT2D eigenvalue weighted by Crippen LogP contribution is -2.30. The second-order valence-electron chi connectivity index (χ2n) is 6.46. The van der Waals surface area contributed by atoms with Crippen LogP contribution in [0.1, 0.15) is 30.9 Å². The molecule has 1 aliphatic heterocycles. The predicted molar refractivity (Wildman–Crippen MR) is 100.0 cm³/mol. The van der Waals surface area contributed by atoms with E-state index in [-0.39, 0.29) is 5.92 Å². The fraction of sp³-hybridized carbons (Fsp3) is 0.300. The van der Waals surface area contributed by atoms with Crippen molar-refractivity contribution in [2.45, 2.75) is 26.7 Å². The first kappa shape index (κ1) is 17.8. The Morgan fingerprint density at radius 1 is 0.962 bits per heavy atom. The molecule has 1 aliphatic rings. The van der Waals surface area contributed by atoms with Crippen LogP contribution in [0, 0.1) is 6.92 Å². The molecule has 1 heterocycles. The van der Waals surface area contributed by atoms with Gasteiger partial charge < -0.3 is 20.1 Å². The summed E-state index contributed by atoms with van der Waals surface area (Å²) in [6.45, 7) is 6.94. The van der Waals surface area contributed by atoms with Gasteiger partial charge in [0.25, 0.3) is 0 Å². The van der Waals surface area contributed by atoms with E-state index in [9.17, 15) is 9.59 Å². The summed E-state index contributed by atoms with van der Waals surface area (Å²) in [5.41, 5.74) is 3.07. The van der Waals surface area contributed by atoms with Crippen LogP contribution in [0.25, 0.3) is 0 Å².